The minimum Gasteiger partial charge on any atom is -0.497 e. The van der Waals surface area contributed by atoms with E-state index in [1.807, 2.05) is 37.3 Å². The molecule has 0 bridgehead atoms. The predicted molar refractivity (Wildman–Crippen MR) is 68.2 cm³/mol. The molecule has 1 aromatic carbocycles. The molecule has 5 heteroatoms. The van der Waals surface area contributed by atoms with Crippen molar-refractivity contribution in [3.63, 3.8) is 0 Å². The van der Waals surface area contributed by atoms with Crippen molar-refractivity contribution in [3.8, 4) is 11.5 Å². The number of nitrogens with zero attached hydrogens (tertiary/aromatic N) is 1. The molecule has 96 valence electrons. The van der Waals surface area contributed by atoms with Gasteiger partial charge in [-0.3, -0.25) is 0 Å². The van der Waals surface area contributed by atoms with Gasteiger partial charge in [-0.25, -0.2) is 10.4 Å². The fraction of sp³-hybridized carbons (Fsp3) is 0.500. The summed E-state index contributed by atoms with van der Waals surface area (Å²) in [6.07, 6.45) is 0. The third kappa shape index (κ3) is 3.59. The van der Waals surface area contributed by atoms with Gasteiger partial charge < -0.3 is 15.2 Å². The molecule has 0 aromatic heterocycles. The van der Waals surface area contributed by atoms with Crippen LogP contribution in [0.2, 0.25) is 0 Å². The van der Waals surface area contributed by atoms with Crippen LogP contribution in [-0.2, 0) is 0 Å². The maximum atomic E-state index is 5.77. The van der Waals surface area contributed by atoms with Crippen LogP contribution >= 0.6 is 0 Å². The van der Waals surface area contributed by atoms with Gasteiger partial charge in [-0.05, 0) is 12.1 Å². The van der Waals surface area contributed by atoms with E-state index in [2.05, 4.69) is 5.43 Å². The van der Waals surface area contributed by atoms with Gasteiger partial charge in [-0.1, -0.05) is 0 Å². The molecule has 0 saturated heterocycles. The van der Waals surface area contributed by atoms with Crippen LogP contribution in [0.25, 0.3) is 0 Å². The average Bonchev–Trinajstić information content (AvgIpc) is 2.35. The van der Waals surface area contributed by atoms with E-state index in [9.17, 15) is 0 Å². The van der Waals surface area contributed by atoms with Gasteiger partial charge in [0.1, 0.15) is 11.5 Å². The first-order chi connectivity index (χ1) is 8.12. The minimum atomic E-state index is 0.0193. The summed E-state index contributed by atoms with van der Waals surface area (Å²) in [6, 6.07) is 5.74. The number of hydrazine groups is 1. The molecule has 1 atom stereocenters. The molecule has 3 N–H and O–H groups in total. The van der Waals surface area contributed by atoms with Crippen molar-refractivity contribution < 1.29 is 9.47 Å². The normalized spacial score (nSPS) is 12.6. The van der Waals surface area contributed by atoms with Crippen molar-refractivity contribution in [1.29, 1.82) is 0 Å². The van der Waals surface area contributed by atoms with E-state index >= 15 is 0 Å². The first-order valence-electron chi connectivity index (χ1n) is 5.47. The molecule has 5 nitrogen and oxygen atoms in total. The second kappa shape index (κ2) is 6.44. The Labute approximate surface area is 102 Å². The summed E-state index contributed by atoms with van der Waals surface area (Å²) in [5, 5.41) is 1.88. The Morgan fingerprint density at radius 1 is 1.29 bits per heavy atom. The lowest BCUT2D eigenvalue weighted by atomic mass is 10.1. The molecule has 17 heavy (non-hydrogen) atoms. The van der Waals surface area contributed by atoms with Crippen molar-refractivity contribution >= 4 is 0 Å². The molecular weight excluding hydrogens is 218 g/mol. The fourth-order valence-electron chi connectivity index (χ4n) is 1.67. The predicted octanol–water partition coefficient (Wildman–Crippen LogP) is 0.770. The van der Waals surface area contributed by atoms with Gasteiger partial charge in [0.25, 0.3) is 0 Å². The number of hydrogen-bond donors (Lipinski definition) is 2. The monoisotopic (exact) mass is 239 g/mol. The van der Waals surface area contributed by atoms with Crippen LogP contribution in [0.1, 0.15) is 11.6 Å². The van der Waals surface area contributed by atoms with Crippen LogP contribution in [0.4, 0.5) is 0 Å². The minimum absolute atomic E-state index is 0.0193. The molecule has 0 saturated carbocycles. The van der Waals surface area contributed by atoms with Gasteiger partial charge in [-0.15, -0.1) is 0 Å². The van der Waals surface area contributed by atoms with E-state index in [4.69, 9.17) is 15.2 Å². The fourth-order valence-corrected chi connectivity index (χ4v) is 1.67. The Bertz CT molecular complexity index is 356. The molecular formula is C12H21N3O2. The van der Waals surface area contributed by atoms with E-state index in [0.29, 0.717) is 6.54 Å². The van der Waals surface area contributed by atoms with Crippen molar-refractivity contribution in [2.24, 2.45) is 5.73 Å². The Morgan fingerprint density at radius 3 is 2.47 bits per heavy atom. The van der Waals surface area contributed by atoms with E-state index in [0.717, 1.165) is 17.1 Å². The number of nitrogens with two attached hydrogens (primary N) is 1. The molecule has 0 heterocycles. The molecule has 0 radical (unpaired) electrons. The highest BCUT2D eigenvalue weighted by molar-refractivity contribution is 5.42. The summed E-state index contributed by atoms with van der Waals surface area (Å²) >= 11 is 0. The lowest BCUT2D eigenvalue weighted by Crippen LogP contribution is -2.38. The smallest absolute Gasteiger partial charge is 0.127 e. The maximum absolute atomic E-state index is 5.77. The molecule has 0 aliphatic heterocycles. The third-order valence-corrected chi connectivity index (χ3v) is 2.47. The number of ether oxygens (including phenoxy) is 2. The van der Waals surface area contributed by atoms with Gasteiger partial charge in [-0.2, -0.15) is 0 Å². The molecule has 0 aliphatic carbocycles. The van der Waals surface area contributed by atoms with Crippen LogP contribution in [-0.4, -0.2) is 39.9 Å². The summed E-state index contributed by atoms with van der Waals surface area (Å²) in [5.74, 6) is 1.54. The lowest BCUT2D eigenvalue weighted by Gasteiger charge is -2.23. The third-order valence-electron chi connectivity index (χ3n) is 2.47. The number of rotatable bonds is 6. The molecule has 0 amide bonds. The lowest BCUT2D eigenvalue weighted by molar-refractivity contribution is 0.242. The second-order valence-electron chi connectivity index (χ2n) is 3.92. The molecule has 1 aromatic rings. The van der Waals surface area contributed by atoms with Crippen LogP contribution in [0.3, 0.4) is 0 Å². The number of benzene rings is 1. The zero-order valence-electron chi connectivity index (χ0n) is 10.9. The molecule has 0 aliphatic rings. The van der Waals surface area contributed by atoms with Gasteiger partial charge in [0, 0.05) is 32.3 Å². The Hall–Kier alpha value is -1.30. The first kappa shape index (κ1) is 13.8. The molecule has 0 fully saturated rings. The largest absolute Gasteiger partial charge is 0.497 e. The number of hydrogen-bond acceptors (Lipinski definition) is 5. The summed E-state index contributed by atoms with van der Waals surface area (Å²) in [4.78, 5) is 0. The first-order valence-corrected chi connectivity index (χ1v) is 5.47. The highest BCUT2D eigenvalue weighted by atomic mass is 16.5. The van der Waals surface area contributed by atoms with E-state index in [1.54, 1.807) is 14.2 Å². The van der Waals surface area contributed by atoms with Crippen LogP contribution < -0.4 is 20.6 Å². The Kier molecular flexibility index (Phi) is 5.21. The standard InChI is InChI=1S/C12H21N3O2/c1-15(2)14-11(8-13)10-6-5-9(16-3)7-12(10)17-4/h5-7,11,14H,8,13H2,1-4H3. The summed E-state index contributed by atoms with van der Waals surface area (Å²) in [5.41, 5.74) is 10.0. The van der Waals surface area contributed by atoms with Crippen molar-refractivity contribution in [2.75, 3.05) is 34.9 Å². The van der Waals surface area contributed by atoms with E-state index < -0.39 is 0 Å². The number of methoxy groups -OCH3 is 2. The topological polar surface area (TPSA) is 59.8 Å². The summed E-state index contributed by atoms with van der Waals surface area (Å²) in [7, 11) is 7.13. The zero-order valence-corrected chi connectivity index (χ0v) is 10.9. The SMILES string of the molecule is COc1ccc(C(CN)NN(C)C)c(OC)c1. The van der Waals surface area contributed by atoms with Crippen LogP contribution in [0.5, 0.6) is 11.5 Å². The summed E-state index contributed by atoms with van der Waals surface area (Å²) < 4.78 is 10.5. The van der Waals surface area contributed by atoms with E-state index in [-0.39, 0.29) is 6.04 Å². The van der Waals surface area contributed by atoms with E-state index in [1.165, 1.54) is 0 Å². The van der Waals surface area contributed by atoms with Gasteiger partial charge in [0.15, 0.2) is 0 Å². The molecule has 1 rings (SSSR count). The highest BCUT2D eigenvalue weighted by Gasteiger charge is 2.15. The average molecular weight is 239 g/mol. The van der Waals surface area contributed by atoms with Crippen LogP contribution in [0, 0.1) is 0 Å². The highest BCUT2D eigenvalue weighted by Crippen LogP contribution is 2.29. The number of nitrogens with one attached hydrogen (secondary N) is 1. The van der Waals surface area contributed by atoms with Gasteiger partial charge in [0.2, 0.25) is 0 Å². The maximum Gasteiger partial charge on any atom is 0.127 e. The van der Waals surface area contributed by atoms with Crippen LogP contribution in [0.15, 0.2) is 18.2 Å². The van der Waals surface area contributed by atoms with Crippen molar-refractivity contribution in [2.45, 2.75) is 6.04 Å². The quantitative estimate of drug-likeness (QED) is 0.718. The Morgan fingerprint density at radius 2 is 2.00 bits per heavy atom. The molecule has 1 unspecified atom stereocenters. The molecule has 0 spiro atoms. The van der Waals surface area contributed by atoms with Crippen molar-refractivity contribution in [1.82, 2.24) is 10.4 Å². The van der Waals surface area contributed by atoms with Gasteiger partial charge in [0.05, 0.1) is 20.3 Å². The zero-order chi connectivity index (χ0) is 12.8. The second-order valence-corrected chi connectivity index (χ2v) is 3.92. The van der Waals surface area contributed by atoms with Gasteiger partial charge >= 0.3 is 0 Å². The Balaban J connectivity index is 3.01. The summed E-state index contributed by atoms with van der Waals surface area (Å²) in [6.45, 7) is 0.487. The van der Waals surface area contributed by atoms with Crippen molar-refractivity contribution in [3.05, 3.63) is 23.8 Å².